The van der Waals surface area contributed by atoms with Crippen LogP contribution >= 0.6 is 0 Å². The molecule has 0 bridgehead atoms. The normalized spacial score (nSPS) is 25.4. The number of amides is 3. The van der Waals surface area contributed by atoms with Gasteiger partial charge in [-0.05, 0) is 67.0 Å². The Morgan fingerprint density at radius 3 is 2.30 bits per heavy atom. The fraction of sp³-hybridized carbons (Fsp3) is 0.294. The number of rotatable bonds is 5. The number of carbonyl (C=O) groups excluding carboxylic acids is 3. The Balaban J connectivity index is 1.19. The second-order valence-electron chi connectivity index (χ2n) is 11.6. The lowest BCUT2D eigenvalue weighted by Gasteiger charge is -2.30. The molecule has 216 valence electrons. The number of aryl methyl sites for hydroxylation is 2. The monoisotopic (exact) mass is 572 g/mol. The van der Waals surface area contributed by atoms with Crippen molar-refractivity contribution in [2.45, 2.75) is 51.2 Å². The highest BCUT2D eigenvalue weighted by atomic mass is 16.2. The van der Waals surface area contributed by atoms with Gasteiger partial charge in [-0.25, -0.2) is 9.91 Å². The van der Waals surface area contributed by atoms with Gasteiger partial charge in [0, 0.05) is 5.92 Å². The molecule has 4 unspecified atom stereocenters. The minimum absolute atomic E-state index is 0.0530. The SMILES string of the molecule is Cc1cccc(C)c1N1C(=O)C2N=NN(CC(=O)N3N=C4C(=Cc5ccccc5)CCCC4C3c3ccccc3)C2C1=O. The smallest absolute Gasteiger partial charge is 0.264 e. The first-order valence-electron chi connectivity index (χ1n) is 14.8. The third-order valence-electron chi connectivity index (χ3n) is 8.86. The van der Waals surface area contributed by atoms with Crippen molar-refractivity contribution in [3.05, 3.63) is 107 Å². The number of fused-ring (bicyclic) bond motifs is 2. The molecule has 1 saturated heterocycles. The summed E-state index contributed by atoms with van der Waals surface area (Å²) in [6.07, 6.45) is 4.98. The molecule has 0 radical (unpaired) electrons. The fourth-order valence-corrected chi connectivity index (χ4v) is 6.88. The van der Waals surface area contributed by atoms with Crippen LogP contribution in [0, 0.1) is 19.8 Å². The molecule has 0 aromatic heterocycles. The molecule has 1 aliphatic carbocycles. The highest BCUT2D eigenvalue weighted by Gasteiger charge is 2.56. The number of benzene rings is 3. The predicted molar refractivity (Wildman–Crippen MR) is 163 cm³/mol. The van der Waals surface area contributed by atoms with Gasteiger partial charge < -0.3 is 0 Å². The van der Waals surface area contributed by atoms with Gasteiger partial charge in [0.2, 0.25) is 0 Å². The lowest BCUT2D eigenvalue weighted by atomic mass is 9.77. The summed E-state index contributed by atoms with van der Waals surface area (Å²) in [4.78, 5) is 42.4. The minimum Gasteiger partial charge on any atom is -0.271 e. The molecule has 2 fully saturated rings. The number of hydrazone groups is 1. The Morgan fingerprint density at radius 1 is 0.884 bits per heavy atom. The fourth-order valence-electron chi connectivity index (χ4n) is 6.88. The van der Waals surface area contributed by atoms with Crippen LogP contribution in [0.2, 0.25) is 0 Å². The topological polar surface area (TPSA) is 98.0 Å². The number of imide groups is 1. The third kappa shape index (κ3) is 4.56. The van der Waals surface area contributed by atoms with Crippen LogP contribution in [-0.2, 0) is 14.4 Å². The molecule has 3 aromatic rings. The average Bonchev–Trinajstić information content (AvgIpc) is 3.68. The summed E-state index contributed by atoms with van der Waals surface area (Å²) in [5.41, 5.74) is 6.40. The van der Waals surface area contributed by atoms with Gasteiger partial charge in [0.05, 0.1) is 17.4 Å². The van der Waals surface area contributed by atoms with Crippen LogP contribution in [0.15, 0.2) is 99.9 Å². The summed E-state index contributed by atoms with van der Waals surface area (Å²) in [5, 5.41) is 16.2. The van der Waals surface area contributed by atoms with Crippen LogP contribution in [0.25, 0.3) is 6.08 Å². The van der Waals surface area contributed by atoms with Crippen molar-refractivity contribution in [1.29, 1.82) is 0 Å². The molecule has 0 spiro atoms. The highest BCUT2D eigenvalue weighted by Crippen LogP contribution is 2.45. The zero-order valence-corrected chi connectivity index (χ0v) is 24.1. The van der Waals surface area contributed by atoms with Crippen molar-refractivity contribution < 1.29 is 14.4 Å². The van der Waals surface area contributed by atoms with E-state index in [4.69, 9.17) is 5.10 Å². The molecule has 3 aromatic carbocycles. The molecule has 43 heavy (non-hydrogen) atoms. The van der Waals surface area contributed by atoms with E-state index in [0.717, 1.165) is 52.8 Å². The van der Waals surface area contributed by atoms with E-state index in [-0.39, 0.29) is 24.4 Å². The van der Waals surface area contributed by atoms with Gasteiger partial charge >= 0.3 is 0 Å². The summed E-state index contributed by atoms with van der Waals surface area (Å²) in [5.74, 6) is -1.08. The predicted octanol–water partition coefficient (Wildman–Crippen LogP) is 5.42. The van der Waals surface area contributed by atoms with Gasteiger partial charge in [0.15, 0.2) is 12.1 Å². The zero-order valence-electron chi connectivity index (χ0n) is 24.1. The maximum absolute atomic E-state index is 14.1. The highest BCUT2D eigenvalue weighted by molar-refractivity contribution is 6.26. The van der Waals surface area contributed by atoms with Gasteiger partial charge in [0.25, 0.3) is 17.7 Å². The maximum atomic E-state index is 14.1. The Hall–Kier alpha value is -4.92. The van der Waals surface area contributed by atoms with Crippen LogP contribution < -0.4 is 4.90 Å². The quantitative estimate of drug-likeness (QED) is 0.381. The summed E-state index contributed by atoms with van der Waals surface area (Å²) in [6, 6.07) is 23.6. The molecule has 4 atom stereocenters. The molecule has 4 aliphatic rings. The van der Waals surface area contributed by atoms with E-state index >= 15 is 0 Å². The first-order valence-corrected chi connectivity index (χ1v) is 14.8. The Morgan fingerprint density at radius 2 is 1.58 bits per heavy atom. The van der Waals surface area contributed by atoms with Gasteiger partial charge in [-0.15, -0.1) is 0 Å². The van der Waals surface area contributed by atoms with Crippen LogP contribution in [0.3, 0.4) is 0 Å². The molecule has 0 N–H and O–H groups in total. The van der Waals surface area contributed by atoms with Crippen molar-refractivity contribution in [3.63, 3.8) is 0 Å². The number of hydrogen-bond acceptors (Lipinski definition) is 7. The summed E-state index contributed by atoms with van der Waals surface area (Å²) < 4.78 is 0. The van der Waals surface area contributed by atoms with Gasteiger partial charge in [0.1, 0.15) is 6.54 Å². The first kappa shape index (κ1) is 26.9. The maximum Gasteiger partial charge on any atom is 0.264 e. The molecule has 3 aliphatic heterocycles. The molecular weight excluding hydrogens is 540 g/mol. The number of para-hydroxylation sites is 1. The largest absolute Gasteiger partial charge is 0.271 e. The number of carbonyl (C=O) groups is 3. The van der Waals surface area contributed by atoms with Crippen LogP contribution in [-0.4, -0.2) is 52.1 Å². The Labute approximate surface area is 250 Å². The van der Waals surface area contributed by atoms with E-state index in [1.807, 2.05) is 80.6 Å². The summed E-state index contributed by atoms with van der Waals surface area (Å²) in [6.45, 7) is 3.53. The molecular formula is C34H32N6O3. The molecule has 7 rings (SSSR count). The molecule has 3 heterocycles. The second-order valence-corrected chi connectivity index (χ2v) is 11.6. The van der Waals surface area contributed by atoms with E-state index in [1.165, 1.54) is 9.91 Å². The molecule has 3 amide bonds. The van der Waals surface area contributed by atoms with Crippen molar-refractivity contribution in [2.24, 2.45) is 21.4 Å². The van der Waals surface area contributed by atoms with Crippen molar-refractivity contribution in [3.8, 4) is 0 Å². The van der Waals surface area contributed by atoms with Crippen LogP contribution in [0.4, 0.5) is 5.69 Å². The van der Waals surface area contributed by atoms with E-state index in [2.05, 4.69) is 28.5 Å². The first-order chi connectivity index (χ1) is 20.9. The van der Waals surface area contributed by atoms with Gasteiger partial charge in [-0.1, -0.05) is 84.1 Å². The molecule has 9 nitrogen and oxygen atoms in total. The van der Waals surface area contributed by atoms with Crippen molar-refractivity contribution in [1.82, 2.24) is 10.0 Å². The number of hydrogen-bond donors (Lipinski definition) is 0. The van der Waals surface area contributed by atoms with Crippen LogP contribution in [0.5, 0.6) is 0 Å². The summed E-state index contributed by atoms with van der Waals surface area (Å²) >= 11 is 0. The summed E-state index contributed by atoms with van der Waals surface area (Å²) in [7, 11) is 0. The van der Waals surface area contributed by atoms with Gasteiger partial charge in [-0.2, -0.15) is 10.2 Å². The number of anilines is 1. The Kier molecular flexibility index (Phi) is 6.72. The lowest BCUT2D eigenvalue weighted by Crippen LogP contribution is -2.45. The number of allylic oxidation sites excluding steroid dienone is 1. The Bertz CT molecular complexity index is 1680. The van der Waals surface area contributed by atoms with Crippen LogP contribution in [0.1, 0.15) is 47.6 Å². The second kappa shape index (κ2) is 10.7. The number of nitrogens with zero attached hydrogens (tertiary/aromatic N) is 6. The average molecular weight is 573 g/mol. The van der Waals surface area contributed by atoms with Crippen molar-refractivity contribution >= 4 is 35.2 Å². The van der Waals surface area contributed by atoms with E-state index in [9.17, 15) is 14.4 Å². The van der Waals surface area contributed by atoms with E-state index < -0.39 is 23.9 Å². The van der Waals surface area contributed by atoms with Crippen molar-refractivity contribution in [2.75, 3.05) is 11.4 Å². The molecule has 9 heteroatoms. The minimum atomic E-state index is -0.975. The standard InChI is InChI=1S/C34H32N6O3/c1-21-11-9-12-22(2)30(21)39-33(42)29-32(34(39)43)38(37-35-29)20-27(41)40-31(24-15-7-4-8-16-24)26-18-10-17-25(28(26)36-40)19-23-13-5-3-6-14-23/h3-9,11-16,19,26,29,31-32H,10,17-18,20H2,1-2H3. The van der Waals surface area contributed by atoms with E-state index in [0.29, 0.717) is 5.69 Å². The third-order valence-corrected chi connectivity index (χ3v) is 8.86. The molecule has 1 saturated carbocycles. The lowest BCUT2D eigenvalue weighted by molar-refractivity contribution is -0.136. The zero-order chi connectivity index (χ0) is 29.7. The van der Waals surface area contributed by atoms with Gasteiger partial charge in [-0.3, -0.25) is 19.4 Å². The van der Waals surface area contributed by atoms with E-state index in [1.54, 1.807) is 5.01 Å².